The van der Waals surface area contributed by atoms with Crippen molar-refractivity contribution in [2.45, 2.75) is 19.5 Å². The van der Waals surface area contributed by atoms with Crippen LogP contribution < -0.4 is 16.4 Å². The summed E-state index contributed by atoms with van der Waals surface area (Å²) in [6.45, 7) is 0.689. The van der Waals surface area contributed by atoms with E-state index in [1.54, 1.807) is 31.2 Å². The lowest BCUT2D eigenvalue weighted by Crippen LogP contribution is -2.35. The molecule has 0 aliphatic heterocycles. The number of amides is 1. The number of rotatable bonds is 6. The number of aromatic amines is 1. The zero-order valence-corrected chi connectivity index (χ0v) is 14.4. The van der Waals surface area contributed by atoms with Crippen molar-refractivity contribution in [1.82, 2.24) is 15.1 Å². The summed E-state index contributed by atoms with van der Waals surface area (Å²) in [6.07, 6.45) is 1.49. The van der Waals surface area contributed by atoms with Gasteiger partial charge in [-0.1, -0.05) is 12.1 Å². The van der Waals surface area contributed by atoms with Crippen LogP contribution in [0.3, 0.4) is 0 Å². The molecule has 9 nitrogen and oxygen atoms in total. The Balaban J connectivity index is 1.60. The monoisotopic (exact) mass is 371 g/mol. The minimum absolute atomic E-state index is 0.194. The molecule has 140 valence electrons. The summed E-state index contributed by atoms with van der Waals surface area (Å²) in [6, 6.07) is 9.29. The van der Waals surface area contributed by atoms with Gasteiger partial charge in [0.25, 0.3) is 17.0 Å². The molecule has 9 heteroatoms. The predicted molar refractivity (Wildman–Crippen MR) is 95.1 cm³/mol. The molecule has 0 radical (unpaired) electrons. The summed E-state index contributed by atoms with van der Waals surface area (Å²) in [5.41, 5.74) is -1.03. The quantitative estimate of drug-likeness (QED) is 0.615. The Morgan fingerprint density at radius 1 is 1.19 bits per heavy atom. The van der Waals surface area contributed by atoms with Gasteiger partial charge in [0.2, 0.25) is 0 Å². The fourth-order valence-electron chi connectivity index (χ4n) is 2.57. The van der Waals surface area contributed by atoms with E-state index in [0.29, 0.717) is 5.76 Å². The number of nitrogens with one attached hydrogen (secondary N) is 2. The van der Waals surface area contributed by atoms with Gasteiger partial charge in [-0.25, -0.2) is 4.68 Å². The molecule has 0 saturated carbocycles. The zero-order chi connectivity index (χ0) is 19.4. The number of benzene rings is 1. The highest BCUT2D eigenvalue weighted by molar-refractivity contribution is 5.82. The lowest BCUT2D eigenvalue weighted by atomic mass is 10.2. The number of nitrogens with zero attached hydrogens (tertiary/aromatic N) is 1. The van der Waals surface area contributed by atoms with Crippen LogP contribution in [-0.4, -0.2) is 28.3 Å². The number of carbonyl (C=O) groups excluding carboxylic acids is 2. The Kier molecular flexibility index (Phi) is 5.20. The van der Waals surface area contributed by atoms with Crippen LogP contribution in [0.5, 0.6) is 0 Å². The minimum Gasteiger partial charge on any atom is -0.467 e. The maximum atomic E-state index is 12.3. The Bertz CT molecular complexity index is 1080. The van der Waals surface area contributed by atoms with Crippen molar-refractivity contribution < 1.29 is 18.7 Å². The lowest BCUT2D eigenvalue weighted by Gasteiger charge is -2.12. The van der Waals surface area contributed by atoms with Gasteiger partial charge in [-0.15, -0.1) is 0 Å². The van der Waals surface area contributed by atoms with E-state index in [-0.39, 0.29) is 16.8 Å². The second-order valence-corrected chi connectivity index (χ2v) is 5.84. The van der Waals surface area contributed by atoms with E-state index in [9.17, 15) is 19.2 Å². The van der Waals surface area contributed by atoms with Crippen LogP contribution in [0.15, 0.2) is 56.7 Å². The Morgan fingerprint density at radius 2 is 1.93 bits per heavy atom. The van der Waals surface area contributed by atoms with Crippen LogP contribution >= 0.6 is 0 Å². The molecule has 27 heavy (non-hydrogen) atoms. The third-order valence-electron chi connectivity index (χ3n) is 3.88. The lowest BCUT2D eigenvalue weighted by molar-refractivity contribution is -0.149. The van der Waals surface area contributed by atoms with Crippen molar-refractivity contribution in [1.29, 1.82) is 0 Å². The van der Waals surface area contributed by atoms with E-state index in [0.717, 1.165) is 4.68 Å². The van der Waals surface area contributed by atoms with Gasteiger partial charge in [-0.05, 0) is 31.2 Å². The van der Waals surface area contributed by atoms with Crippen molar-refractivity contribution in [2.75, 3.05) is 6.61 Å². The number of carbonyl (C=O) groups is 2. The smallest absolute Gasteiger partial charge is 0.328 e. The number of hydrogen-bond donors (Lipinski definition) is 2. The molecule has 0 aliphatic rings. The summed E-state index contributed by atoms with van der Waals surface area (Å²) < 4.78 is 10.9. The number of furan rings is 1. The van der Waals surface area contributed by atoms with Crippen molar-refractivity contribution in [3.8, 4) is 0 Å². The van der Waals surface area contributed by atoms with Crippen LogP contribution in [0, 0.1) is 0 Å². The average molecular weight is 371 g/mol. The number of hydrogen-bond acceptors (Lipinski definition) is 6. The summed E-state index contributed by atoms with van der Waals surface area (Å²) in [7, 11) is 0. The van der Waals surface area contributed by atoms with E-state index >= 15 is 0 Å². The fourth-order valence-corrected chi connectivity index (χ4v) is 2.57. The fraction of sp³-hybridized carbons (Fsp3) is 0.222. The molecule has 2 aromatic heterocycles. The van der Waals surface area contributed by atoms with E-state index in [2.05, 4.69) is 10.4 Å². The predicted octanol–water partition coefficient (Wildman–Crippen LogP) is 0.703. The van der Waals surface area contributed by atoms with E-state index in [4.69, 9.17) is 9.15 Å². The first-order valence-corrected chi connectivity index (χ1v) is 8.16. The number of ether oxygens (including phenoxy) is 1. The molecule has 3 rings (SSSR count). The molecule has 0 fully saturated rings. The molecule has 0 saturated heterocycles. The maximum Gasteiger partial charge on any atom is 0.328 e. The number of H-pyrrole nitrogens is 1. The summed E-state index contributed by atoms with van der Waals surface area (Å²) in [5, 5.41) is 5.36. The van der Waals surface area contributed by atoms with Gasteiger partial charge in [0.05, 0.1) is 23.1 Å². The van der Waals surface area contributed by atoms with Crippen LogP contribution in [0.2, 0.25) is 0 Å². The zero-order valence-electron chi connectivity index (χ0n) is 14.4. The van der Waals surface area contributed by atoms with Gasteiger partial charge in [0.15, 0.2) is 6.61 Å². The maximum absolute atomic E-state index is 12.3. The first-order valence-electron chi connectivity index (χ1n) is 8.16. The van der Waals surface area contributed by atoms with Crippen molar-refractivity contribution in [3.63, 3.8) is 0 Å². The highest BCUT2D eigenvalue weighted by atomic mass is 16.5. The molecule has 1 aromatic carbocycles. The highest BCUT2D eigenvalue weighted by Crippen LogP contribution is 2.11. The molecule has 0 aliphatic carbocycles. The van der Waals surface area contributed by atoms with Gasteiger partial charge in [0, 0.05) is 0 Å². The molecule has 3 aromatic rings. The van der Waals surface area contributed by atoms with Gasteiger partial charge >= 0.3 is 5.97 Å². The number of aromatic nitrogens is 2. The second-order valence-electron chi connectivity index (χ2n) is 5.84. The minimum atomic E-state index is -0.830. The number of esters is 1. The van der Waals surface area contributed by atoms with E-state index in [1.165, 1.54) is 18.4 Å². The third kappa shape index (κ3) is 4.14. The topological polar surface area (TPSA) is 123 Å². The molecule has 2 N–H and O–H groups in total. The van der Waals surface area contributed by atoms with Crippen molar-refractivity contribution >= 4 is 22.6 Å². The molecular formula is C18H17N3O6. The van der Waals surface area contributed by atoms with Crippen LogP contribution in [0.25, 0.3) is 10.8 Å². The molecule has 2 heterocycles. The normalized spacial score (nSPS) is 11.9. The summed E-state index contributed by atoms with van der Waals surface area (Å²) in [5.74, 6) is -0.787. The van der Waals surface area contributed by atoms with Gasteiger partial charge in [-0.2, -0.15) is 0 Å². The van der Waals surface area contributed by atoms with E-state index in [1.807, 2.05) is 0 Å². The summed E-state index contributed by atoms with van der Waals surface area (Å²) in [4.78, 5) is 48.1. The third-order valence-corrected chi connectivity index (χ3v) is 3.88. The first kappa shape index (κ1) is 18.2. The van der Waals surface area contributed by atoms with Crippen LogP contribution in [0.1, 0.15) is 18.7 Å². The first-order chi connectivity index (χ1) is 13.0. The van der Waals surface area contributed by atoms with Crippen molar-refractivity contribution in [2.24, 2.45) is 0 Å². The van der Waals surface area contributed by atoms with Gasteiger partial charge in [-0.3, -0.25) is 24.3 Å². The largest absolute Gasteiger partial charge is 0.467 e. The number of fused-ring (bicyclic) bond motifs is 1. The Labute approximate surface area is 152 Å². The molecule has 0 spiro atoms. The second kappa shape index (κ2) is 7.73. The summed E-state index contributed by atoms with van der Waals surface area (Å²) >= 11 is 0. The van der Waals surface area contributed by atoms with Gasteiger partial charge in [0.1, 0.15) is 12.3 Å². The molecular weight excluding hydrogens is 354 g/mol. The molecule has 1 atom stereocenters. The van der Waals surface area contributed by atoms with E-state index < -0.39 is 36.1 Å². The molecule has 0 bridgehead atoms. The SMILES string of the molecule is C[C@@H](NC(=O)COC(=O)Cn1[nH]c(=O)c2ccccc2c1=O)c1ccco1. The standard InChI is InChI=1S/C18H17N3O6/c1-11(14-7-4-8-26-14)19-15(22)10-27-16(23)9-21-18(25)13-6-3-2-5-12(13)17(24)20-21/h2-8,11H,9-10H2,1H3,(H,19,22)(H,20,24)/t11-/m1/s1. The average Bonchev–Trinajstić information content (AvgIpc) is 3.19. The van der Waals surface area contributed by atoms with Crippen LogP contribution in [0.4, 0.5) is 0 Å². The van der Waals surface area contributed by atoms with Gasteiger partial charge < -0.3 is 14.5 Å². The Hall–Kier alpha value is -3.62. The van der Waals surface area contributed by atoms with Crippen molar-refractivity contribution in [3.05, 3.63) is 69.1 Å². The Morgan fingerprint density at radius 3 is 2.63 bits per heavy atom. The molecule has 1 amide bonds. The molecule has 0 unspecified atom stereocenters. The highest BCUT2D eigenvalue weighted by Gasteiger charge is 2.15. The van der Waals surface area contributed by atoms with Crippen LogP contribution in [-0.2, 0) is 20.9 Å².